The number of rotatable bonds is 8. The number of likely N-dealkylation sites (tertiary alicyclic amines) is 1. The number of alkyl halides is 5. The number of hydrogen-bond donors (Lipinski definition) is 2. The highest BCUT2D eigenvalue weighted by atomic mass is 19.4. The topological polar surface area (TPSA) is 105 Å². The number of amides is 3. The van der Waals surface area contributed by atoms with Crippen LogP contribution in [0.5, 0.6) is 0 Å². The minimum absolute atomic E-state index is 0.154. The third kappa shape index (κ3) is 8.29. The van der Waals surface area contributed by atoms with Crippen LogP contribution in [0.3, 0.4) is 0 Å². The summed E-state index contributed by atoms with van der Waals surface area (Å²) in [4.78, 5) is 51.4. The third-order valence-electron chi connectivity index (χ3n) is 5.62. The molecule has 0 spiro atoms. The van der Waals surface area contributed by atoms with E-state index in [9.17, 15) is 41.1 Å². The molecule has 3 atom stereocenters. The zero-order valence-electron chi connectivity index (χ0n) is 21.6. The predicted octanol–water partition coefficient (Wildman–Crippen LogP) is 3.68. The lowest BCUT2D eigenvalue weighted by molar-refractivity contribution is -0.270. The molecule has 1 aliphatic rings. The lowest BCUT2D eigenvalue weighted by atomic mass is 9.92. The van der Waals surface area contributed by atoms with Crippen LogP contribution in [-0.2, 0) is 19.1 Å². The van der Waals surface area contributed by atoms with Gasteiger partial charge in [0.2, 0.25) is 17.6 Å². The first kappa shape index (κ1) is 31.6. The van der Waals surface area contributed by atoms with Crippen molar-refractivity contribution in [1.29, 1.82) is 0 Å². The van der Waals surface area contributed by atoms with Crippen LogP contribution in [0.2, 0.25) is 0 Å². The summed E-state index contributed by atoms with van der Waals surface area (Å²) < 4.78 is 70.6. The molecule has 1 heterocycles. The first-order chi connectivity index (χ1) is 16.2. The molecule has 1 rings (SSSR count). The van der Waals surface area contributed by atoms with Crippen molar-refractivity contribution < 1.29 is 45.9 Å². The Morgan fingerprint density at radius 1 is 0.889 bits per heavy atom. The van der Waals surface area contributed by atoms with Gasteiger partial charge < -0.3 is 20.3 Å². The number of nitrogens with one attached hydrogen (secondary N) is 2. The Kier molecular flexibility index (Phi) is 10.3. The number of ketones is 1. The van der Waals surface area contributed by atoms with E-state index in [-0.39, 0.29) is 25.4 Å². The van der Waals surface area contributed by atoms with Crippen LogP contribution in [0.15, 0.2) is 0 Å². The van der Waals surface area contributed by atoms with E-state index in [1.807, 2.05) is 5.32 Å². The van der Waals surface area contributed by atoms with Gasteiger partial charge in [0.1, 0.15) is 11.6 Å². The number of halogens is 5. The minimum atomic E-state index is -6.09. The van der Waals surface area contributed by atoms with Crippen molar-refractivity contribution in [2.45, 2.75) is 91.1 Å². The zero-order valence-corrected chi connectivity index (χ0v) is 21.6. The van der Waals surface area contributed by atoms with Crippen molar-refractivity contribution in [2.24, 2.45) is 17.8 Å². The number of alkyl carbamates (subject to hydrolysis) is 1. The Morgan fingerprint density at radius 3 is 1.86 bits per heavy atom. The van der Waals surface area contributed by atoms with Gasteiger partial charge in [0.25, 0.3) is 0 Å². The van der Waals surface area contributed by atoms with E-state index < -0.39 is 65.3 Å². The van der Waals surface area contributed by atoms with Crippen molar-refractivity contribution in [2.75, 3.05) is 13.1 Å². The molecule has 36 heavy (non-hydrogen) atoms. The van der Waals surface area contributed by atoms with Gasteiger partial charge in [0.15, 0.2) is 0 Å². The Hall–Kier alpha value is -2.47. The van der Waals surface area contributed by atoms with Crippen molar-refractivity contribution in [3.05, 3.63) is 0 Å². The predicted molar refractivity (Wildman–Crippen MR) is 120 cm³/mol. The van der Waals surface area contributed by atoms with Gasteiger partial charge in [0, 0.05) is 13.1 Å². The van der Waals surface area contributed by atoms with Gasteiger partial charge in [0.05, 0.1) is 12.0 Å². The Labute approximate surface area is 207 Å². The van der Waals surface area contributed by atoms with Gasteiger partial charge in [-0.3, -0.25) is 14.4 Å². The van der Waals surface area contributed by atoms with Gasteiger partial charge in [-0.2, -0.15) is 22.0 Å². The fourth-order valence-electron chi connectivity index (χ4n) is 3.68. The fraction of sp³-hybridized carbons (Fsp3) is 0.826. The summed E-state index contributed by atoms with van der Waals surface area (Å²) in [6.07, 6.45) is -6.32. The Morgan fingerprint density at radius 2 is 1.42 bits per heavy atom. The first-order valence-electron chi connectivity index (χ1n) is 11.8. The maximum Gasteiger partial charge on any atom is 0.461 e. The molecule has 8 nitrogen and oxygen atoms in total. The van der Waals surface area contributed by atoms with E-state index in [2.05, 4.69) is 5.32 Å². The zero-order chi connectivity index (χ0) is 28.2. The molecule has 1 saturated heterocycles. The van der Waals surface area contributed by atoms with Gasteiger partial charge in [-0.15, -0.1) is 0 Å². The smallest absolute Gasteiger partial charge is 0.444 e. The Balaban J connectivity index is 2.97. The van der Waals surface area contributed by atoms with Gasteiger partial charge in [-0.1, -0.05) is 27.7 Å². The summed E-state index contributed by atoms with van der Waals surface area (Å²) in [6, 6.07) is -3.05. The number of carbonyl (C=O) groups excluding carboxylic acids is 4. The number of ether oxygens (including phenoxy) is 1. The average molecular weight is 530 g/mol. The molecule has 1 aliphatic heterocycles. The molecule has 0 aromatic carbocycles. The van der Waals surface area contributed by atoms with Crippen LogP contribution in [-0.4, -0.2) is 71.5 Å². The highest BCUT2D eigenvalue weighted by Crippen LogP contribution is 2.37. The second-order valence-electron chi connectivity index (χ2n) is 10.7. The Bertz CT molecular complexity index is 824. The average Bonchev–Trinajstić information content (AvgIpc) is 2.72. The van der Waals surface area contributed by atoms with Crippen LogP contribution >= 0.6 is 0 Å². The van der Waals surface area contributed by atoms with E-state index in [0.29, 0.717) is 6.42 Å². The second-order valence-corrected chi connectivity index (χ2v) is 10.7. The van der Waals surface area contributed by atoms with E-state index in [4.69, 9.17) is 4.74 Å². The number of hydrogen-bond acceptors (Lipinski definition) is 5. The highest BCUT2D eigenvalue weighted by molar-refractivity contribution is 5.95. The molecule has 2 N–H and O–H groups in total. The third-order valence-corrected chi connectivity index (χ3v) is 5.62. The summed E-state index contributed by atoms with van der Waals surface area (Å²) in [5, 5.41) is 4.56. The number of nitrogens with zero attached hydrogens (tertiary/aromatic N) is 1. The van der Waals surface area contributed by atoms with Crippen molar-refractivity contribution in [3.63, 3.8) is 0 Å². The SMILES string of the molecule is CC(C)C(NC(=O)C1CCCN(C(=O)[C@@H](NC(=O)OC(C)(C)C)C(C)C)C1)C(=O)C(F)(F)C(F)(F)F. The summed E-state index contributed by atoms with van der Waals surface area (Å²) in [5.74, 6) is -11.8. The molecule has 0 aliphatic carbocycles. The van der Waals surface area contributed by atoms with Crippen molar-refractivity contribution >= 4 is 23.7 Å². The molecule has 1 fully saturated rings. The van der Waals surface area contributed by atoms with Crippen LogP contribution < -0.4 is 10.6 Å². The first-order valence-corrected chi connectivity index (χ1v) is 11.8. The monoisotopic (exact) mass is 529 g/mol. The van der Waals surface area contributed by atoms with Crippen molar-refractivity contribution in [3.8, 4) is 0 Å². The molecule has 2 unspecified atom stereocenters. The molecular weight excluding hydrogens is 493 g/mol. The maximum absolute atomic E-state index is 13.6. The number of carbonyl (C=O) groups is 4. The van der Waals surface area contributed by atoms with Gasteiger partial charge >= 0.3 is 18.2 Å². The standard InChI is InChI=1S/C23H36F5N3O5/c1-12(2)15(17(32)22(24,25)23(26,27)28)29-18(33)14-9-8-10-31(11-14)19(34)16(13(3)4)30-20(35)36-21(5,6)7/h12-16H,8-11H2,1-7H3,(H,29,33)(H,30,35)/t14?,15?,16-/m0/s1. The lowest BCUT2D eigenvalue weighted by Gasteiger charge is -2.36. The van der Waals surface area contributed by atoms with Crippen LogP contribution in [0, 0.1) is 17.8 Å². The lowest BCUT2D eigenvalue weighted by Crippen LogP contribution is -2.58. The molecule has 0 aromatic heterocycles. The summed E-state index contributed by atoms with van der Waals surface area (Å²) >= 11 is 0. The summed E-state index contributed by atoms with van der Waals surface area (Å²) in [5.41, 5.74) is -0.795. The molecule has 0 saturated carbocycles. The molecule has 0 radical (unpaired) electrons. The summed E-state index contributed by atoms with van der Waals surface area (Å²) in [6.45, 7) is 11.0. The van der Waals surface area contributed by atoms with E-state index in [0.717, 1.165) is 0 Å². The van der Waals surface area contributed by atoms with Crippen LogP contribution in [0.4, 0.5) is 26.7 Å². The van der Waals surface area contributed by atoms with Gasteiger partial charge in [-0.05, 0) is 45.4 Å². The van der Waals surface area contributed by atoms with E-state index in [1.54, 1.807) is 34.6 Å². The fourth-order valence-corrected chi connectivity index (χ4v) is 3.68. The van der Waals surface area contributed by atoms with Crippen LogP contribution in [0.25, 0.3) is 0 Å². The van der Waals surface area contributed by atoms with E-state index >= 15 is 0 Å². The summed E-state index contributed by atoms with van der Waals surface area (Å²) in [7, 11) is 0. The number of Topliss-reactive ketones (excluding diaryl/α,β-unsaturated/α-hetero) is 1. The largest absolute Gasteiger partial charge is 0.461 e. The molecule has 208 valence electrons. The van der Waals surface area contributed by atoms with E-state index in [1.165, 1.54) is 18.7 Å². The molecule has 0 aromatic rings. The second kappa shape index (κ2) is 11.7. The quantitative estimate of drug-likeness (QED) is 0.467. The number of piperidine rings is 1. The van der Waals surface area contributed by atoms with Gasteiger partial charge in [-0.25, -0.2) is 4.79 Å². The minimum Gasteiger partial charge on any atom is -0.444 e. The normalized spacial score (nSPS) is 19.1. The molecule has 0 bridgehead atoms. The maximum atomic E-state index is 13.6. The molecular formula is C23H36F5N3O5. The molecule has 13 heteroatoms. The van der Waals surface area contributed by atoms with Crippen molar-refractivity contribution in [1.82, 2.24) is 15.5 Å². The molecule has 3 amide bonds. The van der Waals surface area contributed by atoms with Crippen LogP contribution in [0.1, 0.15) is 61.3 Å². The highest BCUT2D eigenvalue weighted by Gasteiger charge is 2.64.